The van der Waals surface area contributed by atoms with E-state index in [-0.39, 0.29) is 11.8 Å². The molecule has 0 unspecified atom stereocenters. The molecule has 7 heteroatoms. The van der Waals surface area contributed by atoms with E-state index in [0.717, 1.165) is 27.9 Å². The maximum absolute atomic E-state index is 13.0. The lowest BCUT2D eigenvalue weighted by atomic mass is 9.90. The molecule has 1 N–H and O–H groups in total. The van der Waals surface area contributed by atoms with Gasteiger partial charge in [-0.2, -0.15) is 0 Å². The molecule has 0 aliphatic heterocycles. The van der Waals surface area contributed by atoms with Crippen LogP contribution in [-0.4, -0.2) is 46.7 Å². The quantitative estimate of drug-likeness (QED) is 0.411. The van der Waals surface area contributed by atoms with Gasteiger partial charge in [-0.1, -0.05) is 72.4 Å². The number of benzene rings is 2. The van der Waals surface area contributed by atoms with E-state index >= 15 is 0 Å². The van der Waals surface area contributed by atoms with E-state index in [1.54, 1.807) is 18.9 Å². The average Bonchev–Trinajstić information content (AvgIpc) is 3.10. The van der Waals surface area contributed by atoms with Crippen molar-refractivity contribution in [3.05, 3.63) is 77.6 Å². The Balaban J connectivity index is 1.63. The third-order valence-electron chi connectivity index (χ3n) is 4.62. The third kappa shape index (κ3) is 5.68. The van der Waals surface area contributed by atoms with Crippen molar-refractivity contribution < 1.29 is 9.53 Å². The second-order valence-corrected chi connectivity index (χ2v) is 7.66. The SMILES string of the molecule is COCCSc1nnc(CCNC(=O)C(c2ccccc2)c2ccccc2)n1C. The summed E-state index contributed by atoms with van der Waals surface area (Å²) in [5.74, 6) is 1.33. The van der Waals surface area contributed by atoms with Crippen LogP contribution in [0.15, 0.2) is 65.8 Å². The molecule has 0 fully saturated rings. The number of carbonyl (C=O) groups is 1. The maximum Gasteiger partial charge on any atom is 0.232 e. The molecule has 0 saturated carbocycles. The minimum Gasteiger partial charge on any atom is -0.384 e. The van der Waals surface area contributed by atoms with Crippen molar-refractivity contribution in [3.8, 4) is 0 Å². The molecule has 0 bridgehead atoms. The van der Waals surface area contributed by atoms with E-state index in [4.69, 9.17) is 4.74 Å². The lowest BCUT2D eigenvalue weighted by Gasteiger charge is -2.18. The average molecular weight is 411 g/mol. The summed E-state index contributed by atoms with van der Waals surface area (Å²) in [6.07, 6.45) is 0.621. The topological polar surface area (TPSA) is 69.0 Å². The van der Waals surface area contributed by atoms with Gasteiger partial charge in [0, 0.05) is 32.9 Å². The molecule has 1 aromatic heterocycles. The van der Waals surface area contributed by atoms with Crippen LogP contribution in [0.3, 0.4) is 0 Å². The summed E-state index contributed by atoms with van der Waals surface area (Å²) >= 11 is 1.61. The zero-order valence-corrected chi connectivity index (χ0v) is 17.6. The molecule has 29 heavy (non-hydrogen) atoms. The van der Waals surface area contributed by atoms with Crippen molar-refractivity contribution in [2.75, 3.05) is 26.0 Å². The number of rotatable bonds is 10. The van der Waals surface area contributed by atoms with E-state index in [1.807, 2.05) is 72.3 Å². The summed E-state index contributed by atoms with van der Waals surface area (Å²) in [6.45, 7) is 1.17. The van der Waals surface area contributed by atoms with Gasteiger partial charge in [0.2, 0.25) is 5.91 Å². The Morgan fingerprint density at radius 1 is 1.07 bits per heavy atom. The molecule has 0 radical (unpaired) electrons. The van der Waals surface area contributed by atoms with Gasteiger partial charge < -0.3 is 14.6 Å². The molecule has 6 nitrogen and oxygen atoms in total. The summed E-state index contributed by atoms with van der Waals surface area (Å²) < 4.78 is 7.04. The Kier molecular flexibility index (Phi) is 7.84. The van der Waals surface area contributed by atoms with Gasteiger partial charge in [-0.05, 0) is 11.1 Å². The van der Waals surface area contributed by atoms with E-state index in [2.05, 4.69) is 15.5 Å². The Morgan fingerprint density at radius 2 is 1.69 bits per heavy atom. The predicted octanol–water partition coefficient (Wildman–Crippen LogP) is 3.04. The van der Waals surface area contributed by atoms with Gasteiger partial charge >= 0.3 is 0 Å². The van der Waals surface area contributed by atoms with E-state index in [0.29, 0.717) is 19.6 Å². The molecule has 0 spiro atoms. The van der Waals surface area contributed by atoms with Gasteiger partial charge in [0.15, 0.2) is 5.16 Å². The first-order valence-electron chi connectivity index (χ1n) is 9.58. The summed E-state index contributed by atoms with van der Waals surface area (Å²) in [5.41, 5.74) is 1.96. The first kappa shape index (κ1) is 21.1. The molecule has 0 atom stereocenters. The highest BCUT2D eigenvalue weighted by molar-refractivity contribution is 7.99. The number of nitrogens with one attached hydrogen (secondary N) is 1. The number of carbonyl (C=O) groups excluding carboxylic acids is 1. The lowest BCUT2D eigenvalue weighted by molar-refractivity contribution is -0.121. The molecule has 3 rings (SSSR count). The standard InChI is InChI=1S/C22H26N4O2S/c1-26-19(24-25-22(26)29-16-15-28-2)13-14-23-21(27)20(17-9-5-3-6-10-17)18-11-7-4-8-12-18/h3-12,20H,13-16H2,1-2H3,(H,23,27). The fourth-order valence-corrected chi connectivity index (χ4v) is 3.92. The lowest BCUT2D eigenvalue weighted by Crippen LogP contribution is -2.32. The van der Waals surface area contributed by atoms with E-state index < -0.39 is 0 Å². The van der Waals surface area contributed by atoms with Crippen LogP contribution >= 0.6 is 11.8 Å². The Hall–Kier alpha value is -2.64. The summed E-state index contributed by atoms with van der Waals surface area (Å²) in [6, 6.07) is 19.7. The van der Waals surface area contributed by atoms with Crippen molar-refractivity contribution in [1.82, 2.24) is 20.1 Å². The van der Waals surface area contributed by atoms with Gasteiger partial charge in [0.25, 0.3) is 0 Å². The highest BCUT2D eigenvalue weighted by atomic mass is 32.2. The first-order chi connectivity index (χ1) is 14.2. The van der Waals surface area contributed by atoms with Gasteiger partial charge in [0.05, 0.1) is 12.5 Å². The molecular weight excluding hydrogens is 384 g/mol. The summed E-state index contributed by atoms with van der Waals surface area (Å²) in [7, 11) is 3.63. The fraction of sp³-hybridized carbons (Fsp3) is 0.318. The number of hydrogen-bond acceptors (Lipinski definition) is 5. The molecule has 0 saturated heterocycles. The maximum atomic E-state index is 13.0. The first-order valence-corrected chi connectivity index (χ1v) is 10.6. The molecule has 3 aromatic rings. The summed E-state index contributed by atoms with van der Waals surface area (Å²) in [5, 5.41) is 12.4. The second-order valence-electron chi connectivity index (χ2n) is 6.59. The Bertz CT molecular complexity index is 860. The fourth-order valence-electron chi connectivity index (χ4n) is 3.09. The number of thioether (sulfide) groups is 1. The Morgan fingerprint density at radius 3 is 2.28 bits per heavy atom. The number of amides is 1. The number of nitrogens with zero attached hydrogens (tertiary/aromatic N) is 3. The molecular formula is C22H26N4O2S. The smallest absolute Gasteiger partial charge is 0.232 e. The number of aromatic nitrogens is 3. The van der Waals surface area contributed by atoms with Crippen LogP contribution in [0.1, 0.15) is 22.9 Å². The molecule has 2 aromatic carbocycles. The largest absolute Gasteiger partial charge is 0.384 e. The number of methoxy groups -OCH3 is 1. The highest BCUT2D eigenvalue weighted by Gasteiger charge is 2.22. The predicted molar refractivity (Wildman–Crippen MR) is 115 cm³/mol. The zero-order valence-electron chi connectivity index (χ0n) is 16.7. The van der Waals surface area contributed by atoms with Crippen LogP contribution in [0, 0.1) is 0 Å². The highest BCUT2D eigenvalue weighted by Crippen LogP contribution is 2.24. The minimum absolute atomic E-state index is 0.0146. The molecule has 0 aliphatic rings. The number of hydrogen-bond donors (Lipinski definition) is 1. The van der Waals surface area contributed by atoms with Crippen LogP contribution in [0.2, 0.25) is 0 Å². The monoisotopic (exact) mass is 410 g/mol. The minimum atomic E-state index is -0.336. The van der Waals surface area contributed by atoms with Crippen LogP contribution < -0.4 is 5.32 Å². The van der Waals surface area contributed by atoms with Gasteiger partial charge in [-0.3, -0.25) is 4.79 Å². The second kappa shape index (κ2) is 10.8. The molecule has 152 valence electrons. The van der Waals surface area contributed by atoms with Crippen molar-refractivity contribution in [1.29, 1.82) is 0 Å². The molecule has 1 heterocycles. The van der Waals surface area contributed by atoms with E-state index in [1.165, 1.54) is 0 Å². The van der Waals surface area contributed by atoms with Crippen LogP contribution in [0.25, 0.3) is 0 Å². The van der Waals surface area contributed by atoms with E-state index in [9.17, 15) is 4.79 Å². The van der Waals surface area contributed by atoms with Crippen molar-refractivity contribution in [2.24, 2.45) is 7.05 Å². The van der Waals surface area contributed by atoms with Crippen LogP contribution in [-0.2, 0) is 23.0 Å². The van der Waals surface area contributed by atoms with Gasteiger partial charge in [-0.15, -0.1) is 10.2 Å². The van der Waals surface area contributed by atoms with Crippen molar-refractivity contribution in [2.45, 2.75) is 17.5 Å². The summed E-state index contributed by atoms with van der Waals surface area (Å²) in [4.78, 5) is 13.0. The molecule has 1 amide bonds. The normalized spacial score (nSPS) is 11.0. The number of ether oxygens (including phenoxy) is 1. The Labute approximate surface area is 175 Å². The molecule has 0 aliphatic carbocycles. The third-order valence-corrected chi connectivity index (χ3v) is 5.60. The van der Waals surface area contributed by atoms with Crippen LogP contribution in [0.5, 0.6) is 0 Å². The van der Waals surface area contributed by atoms with Gasteiger partial charge in [-0.25, -0.2) is 0 Å². The van der Waals surface area contributed by atoms with Crippen molar-refractivity contribution in [3.63, 3.8) is 0 Å². The zero-order chi connectivity index (χ0) is 20.5. The van der Waals surface area contributed by atoms with Gasteiger partial charge in [0.1, 0.15) is 5.82 Å². The van der Waals surface area contributed by atoms with Crippen molar-refractivity contribution >= 4 is 17.7 Å². The van der Waals surface area contributed by atoms with Crippen LogP contribution in [0.4, 0.5) is 0 Å².